The number of pyridine rings is 1. The monoisotopic (exact) mass is 483 g/mol. The van der Waals surface area contributed by atoms with Crippen molar-refractivity contribution in [2.24, 2.45) is 5.10 Å². The third-order valence-electron chi connectivity index (χ3n) is 6.04. The zero-order valence-electron chi connectivity index (χ0n) is 16.6. The zero-order chi connectivity index (χ0) is 22.6. The van der Waals surface area contributed by atoms with Crippen molar-refractivity contribution in [2.75, 3.05) is 6.54 Å². The lowest BCUT2D eigenvalue weighted by Gasteiger charge is -2.47. The summed E-state index contributed by atoms with van der Waals surface area (Å²) >= 11 is 12.0. The van der Waals surface area contributed by atoms with Crippen molar-refractivity contribution in [1.82, 2.24) is 20.2 Å². The smallest absolute Gasteiger partial charge is 0.328 e. The van der Waals surface area contributed by atoms with Crippen LogP contribution >= 0.6 is 23.2 Å². The number of fused-ring (bicyclic) bond motifs is 4. The number of aromatic nitrogens is 1. The molecule has 0 radical (unpaired) electrons. The first-order valence-electron chi connectivity index (χ1n) is 10.2. The number of hydrogen-bond acceptors (Lipinski definition) is 5. The number of amides is 1. The molecular formula is C21H18Cl2F3N5O. The number of rotatable bonds is 2. The molecule has 4 heterocycles. The third kappa shape index (κ3) is 3.62. The summed E-state index contributed by atoms with van der Waals surface area (Å²) in [5.74, 6) is -0.201. The van der Waals surface area contributed by atoms with Crippen LogP contribution in [0.2, 0.25) is 10.0 Å². The van der Waals surface area contributed by atoms with E-state index in [0.29, 0.717) is 23.1 Å². The van der Waals surface area contributed by atoms with Gasteiger partial charge in [-0.05, 0) is 37.1 Å². The van der Waals surface area contributed by atoms with Gasteiger partial charge in [0, 0.05) is 24.8 Å². The van der Waals surface area contributed by atoms with Gasteiger partial charge in [-0.15, -0.1) is 5.10 Å². The fourth-order valence-electron chi connectivity index (χ4n) is 4.64. The van der Waals surface area contributed by atoms with Gasteiger partial charge in [-0.3, -0.25) is 9.78 Å². The summed E-state index contributed by atoms with van der Waals surface area (Å²) in [6, 6.07) is 6.87. The average molecular weight is 484 g/mol. The molecule has 1 N–H and O–H groups in total. The lowest BCUT2D eigenvalue weighted by atomic mass is 9.91. The minimum atomic E-state index is -4.67. The van der Waals surface area contributed by atoms with E-state index in [1.54, 1.807) is 12.1 Å². The Labute approximate surface area is 192 Å². The molecule has 168 valence electrons. The number of halogens is 5. The van der Waals surface area contributed by atoms with Gasteiger partial charge in [0.25, 0.3) is 5.91 Å². The summed E-state index contributed by atoms with van der Waals surface area (Å²) in [5.41, 5.74) is -0.762. The summed E-state index contributed by atoms with van der Waals surface area (Å²) < 4.78 is 40.0. The summed E-state index contributed by atoms with van der Waals surface area (Å²) in [4.78, 5) is 19.8. The maximum Gasteiger partial charge on any atom is 0.417 e. The SMILES string of the molecule is O=C(c1cccc(C(F)(F)F)c1Cl)N1N=C(c2ccc(Cl)cn2)N2C[C@H]3CCC[C@H](N3)C21. The molecule has 3 aliphatic rings. The van der Waals surface area contributed by atoms with E-state index in [-0.39, 0.29) is 17.6 Å². The number of benzene rings is 1. The normalized spacial score (nSPS) is 24.9. The minimum absolute atomic E-state index is 0.0791. The topological polar surface area (TPSA) is 60.8 Å². The van der Waals surface area contributed by atoms with Gasteiger partial charge in [-0.2, -0.15) is 13.2 Å². The highest BCUT2D eigenvalue weighted by molar-refractivity contribution is 6.34. The highest BCUT2D eigenvalue weighted by Gasteiger charge is 2.49. The summed E-state index contributed by atoms with van der Waals surface area (Å²) in [6.07, 6.45) is -0.866. The highest BCUT2D eigenvalue weighted by atomic mass is 35.5. The molecule has 1 unspecified atom stereocenters. The number of nitrogens with zero attached hydrogens (tertiary/aromatic N) is 4. The van der Waals surface area contributed by atoms with Crippen LogP contribution in [0.5, 0.6) is 0 Å². The quantitative estimate of drug-likeness (QED) is 0.688. The van der Waals surface area contributed by atoms with Crippen LogP contribution < -0.4 is 5.32 Å². The van der Waals surface area contributed by atoms with E-state index in [2.05, 4.69) is 15.4 Å². The first kappa shape index (κ1) is 21.5. The Hall–Kier alpha value is -2.36. The molecule has 1 aromatic heterocycles. The second kappa shape index (κ2) is 7.90. The first-order chi connectivity index (χ1) is 15.2. The minimum Gasteiger partial charge on any atom is -0.328 e. The fourth-order valence-corrected chi connectivity index (χ4v) is 5.07. The van der Waals surface area contributed by atoms with Crippen LogP contribution in [0.4, 0.5) is 13.2 Å². The van der Waals surface area contributed by atoms with E-state index >= 15 is 0 Å². The molecule has 32 heavy (non-hydrogen) atoms. The van der Waals surface area contributed by atoms with Crippen LogP contribution in [-0.4, -0.2) is 51.4 Å². The molecule has 1 aromatic carbocycles. The molecule has 3 aliphatic heterocycles. The number of nitrogens with one attached hydrogen (secondary N) is 1. The van der Waals surface area contributed by atoms with Crippen molar-refractivity contribution in [3.05, 3.63) is 63.4 Å². The van der Waals surface area contributed by atoms with Gasteiger partial charge >= 0.3 is 6.18 Å². The maximum absolute atomic E-state index is 13.5. The summed E-state index contributed by atoms with van der Waals surface area (Å²) in [6.45, 7) is 0.602. The molecule has 2 fully saturated rings. The number of piperidine rings is 1. The van der Waals surface area contributed by atoms with Gasteiger partial charge in [0.15, 0.2) is 5.84 Å². The molecule has 2 bridgehead atoms. The molecule has 5 rings (SSSR count). The number of alkyl halides is 3. The molecule has 0 saturated carbocycles. The lowest BCUT2D eigenvalue weighted by Crippen LogP contribution is -2.67. The van der Waals surface area contributed by atoms with E-state index in [1.165, 1.54) is 23.3 Å². The van der Waals surface area contributed by atoms with Crippen LogP contribution in [0.15, 0.2) is 41.6 Å². The molecule has 0 spiro atoms. The fraction of sp³-hybridized carbons (Fsp3) is 0.381. The standard InChI is InChI=1S/C21H18Cl2F3N5O/c22-11-7-8-15(27-9-11)18-29-31(19-16-6-1-3-12(28-16)10-30(18)19)20(32)13-4-2-5-14(17(13)23)21(24,25)26/h2,4-5,7-9,12,16,19,28H,1,3,6,10H2/t12-,16+,19?/m1/s1. The molecular weight excluding hydrogens is 466 g/mol. The first-order valence-corrected chi connectivity index (χ1v) is 10.9. The van der Waals surface area contributed by atoms with Gasteiger partial charge in [0.05, 0.1) is 21.2 Å². The van der Waals surface area contributed by atoms with Crippen LogP contribution in [0, 0.1) is 0 Å². The van der Waals surface area contributed by atoms with E-state index in [1.807, 2.05) is 4.90 Å². The van der Waals surface area contributed by atoms with Gasteiger partial charge < -0.3 is 10.2 Å². The molecule has 1 amide bonds. The number of piperazine rings is 1. The molecule has 11 heteroatoms. The van der Waals surface area contributed by atoms with Crippen molar-refractivity contribution in [3.63, 3.8) is 0 Å². The van der Waals surface area contributed by atoms with Crippen LogP contribution in [-0.2, 0) is 6.18 Å². The van der Waals surface area contributed by atoms with E-state index in [4.69, 9.17) is 23.2 Å². The zero-order valence-corrected chi connectivity index (χ0v) is 18.1. The highest BCUT2D eigenvalue weighted by Crippen LogP contribution is 2.38. The number of carbonyl (C=O) groups excluding carboxylic acids is 1. The number of amidine groups is 1. The average Bonchev–Trinajstić information content (AvgIpc) is 3.13. The number of carbonyl (C=O) groups is 1. The Morgan fingerprint density at radius 1 is 1.16 bits per heavy atom. The lowest BCUT2D eigenvalue weighted by molar-refractivity contribution is -0.137. The predicted molar refractivity (Wildman–Crippen MR) is 113 cm³/mol. The number of hydrogen-bond donors (Lipinski definition) is 1. The van der Waals surface area contributed by atoms with Gasteiger partial charge in [-0.25, -0.2) is 5.01 Å². The molecule has 3 atom stereocenters. The Morgan fingerprint density at radius 2 is 1.97 bits per heavy atom. The van der Waals surface area contributed by atoms with Gasteiger partial charge in [0.2, 0.25) is 0 Å². The van der Waals surface area contributed by atoms with Crippen molar-refractivity contribution < 1.29 is 18.0 Å². The Balaban J connectivity index is 1.57. The predicted octanol–water partition coefficient (Wildman–Crippen LogP) is 4.38. The third-order valence-corrected chi connectivity index (χ3v) is 6.67. The molecule has 2 saturated heterocycles. The Morgan fingerprint density at radius 3 is 2.69 bits per heavy atom. The van der Waals surface area contributed by atoms with Gasteiger partial charge in [0.1, 0.15) is 11.9 Å². The Kier molecular flexibility index (Phi) is 5.30. The van der Waals surface area contributed by atoms with Crippen LogP contribution in [0.3, 0.4) is 0 Å². The van der Waals surface area contributed by atoms with Crippen molar-refractivity contribution >= 4 is 34.9 Å². The molecule has 0 aliphatic carbocycles. The number of hydrazone groups is 1. The Bertz CT molecular complexity index is 1090. The van der Waals surface area contributed by atoms with Crippen LogP contribution in [0.25, 0.3) is 0 Å². The summed E-state index contributed by atoms with van der Waals surface area (Å²) in [7, 11) is 0. The van der Waals surface area contributed by atoms with E-state index < -0.39 is 28.8 Å². The van der Waals surface area contributed by atoms with Crippen molar-refractivity contribution in [1.29, 1.82) is 0 Å². The van der Waals surface area contributed by atoms with Crippen molar-refractivity contribution in [2.45, 2.75) is 43.7 Å². The van der Waals surface area contributed by atoms with E-state index in [9.17, 15) is 18.0 Å². The molecule has 2 aromatic rings. The van der Waals surface area contributed by atoms with Gasteiger partial charge in [-0.1, -0.05) is 35.7 Å². The van der Waals surface area contributed by atoms with E-state index in [0.717, 1.165) is 25.3 Å². The second-order valence-corrected chi connectivity index (χ2v) is 8.88. The van der Waals surface area contributed by atoms with Crippen molar-refractivity contribution in [3.8, 4) is 0 Å². The summed E-state index contributed by atoms with van der Waals surface area (Å²) in [5, 5.41) is 9.15. The molecule has 6 nitrogen and oxygen atoms in total. The largest absolute Gasteiger partial charge is 0.417 e. The van der Waals surface area contributed by atoms with Crippen LogP contribution in [0.1, 0.15) is 40.9 Å². The second-order valence-electron chi connectivity index (χ2n) is 8.07. The maximum atomic E-state index is 13.5.